The molecule has 1 saturated carbocycles. The summed E-state index contributed by atoms with van der Waals surface area (Å²) in [5.74, 6) is 0. The number of pyridine rings is 1. The van der Waals surface area contributed by atoms with Crippen LogP contribution in [0.25, 0.3) is 0 Å². The van der Waals surface area contributed by atoms with Crippen LogP contribution < -0.4 is 5.32 Å². The highest BCUT2D eigenvalue weighted by atomic mass is 35.5. The Morgan fingerprint density at radius 3 is 2.93 bits per heavy atom. The van der Waals surface area contributed by atoms with Crippen molar-refractivity contribution in [1.82, 2.24) is 4.98 Å². The summed E-state index contributed by atoms with van der Waals surface area (Å²) < 4.78 is 0. The Labute approximate surface area is 88.1 Å². The summed E-state index contributed by atoms with van der Waals surface area (Å²) in [5, 5.41) is 13.5. The first-order valence-corrected chi connectivity index (χ1v) is 5.14. The zero-order chi connectivity index (χ0) is 10.0. The quantitative estimate of drug-likeness (QED) is 0.754. The van der Waals surface area contributed by atoms with Crippen molar-refractivity contribution in [2.75, 3.05) is 11.9 Å². The van der Waals surface area contributed by atoms with Crippen molar-refractivity contribution in [3.05, 3.63) is 23.5 Å². The standard InChI is InChI=1S/C10H13ClN2O/c11-9-6-8(2-5-12-9)13-7-10(14)3-1-4-10/h2,5-6,14H,1,3-4,7H2,(H,12,13). The summed E-state index contributed by atoms with van der Waals surface area (Å²) in [4.78, 5) is 3.88. The Kier molecular flexibility index (Phi) is 2.61. The first-order chi connectivity index (χ1) is 6.68. The molecule has 0 atom stereocenters. The fraction of sp³-hybridized carbons (Fsp3) is 0.500. The minimum atomic E-state index is -0.504. The van der Waals surface area contributed by atoms with Crippen molar-refractivity contribution < 1.29 is 5.11 Å². The molecule has 2 rings (SSSR count). The third-order valence-electron chi connectivity index (χ3n) is 2.63. The van der Waals surface area contributed by atoms with Crippen LogP contribution in [0.15, 0.2) is 18.3 Å². The molecular formula is C10H13ClN2O. The number of aliphatic hydroxyl groups is 1. The fourth-order valence-electron chi connectivity index (χ4n) is 1.54. The normalized spacial score (nSPS) is 18.7. The Hall–Kier alpha value is -0.800. The number of hydrogen-bond acceptors (Lipinski definition) is 3. The van der Waals surface area contributed by atoms with Crippen LogP contribution in [0, 0.1) is 0 Å². The molecule has 0 spiro atoms. The fourth-order valence-corrected chi connectivity index (χ4v) is 1.71. The van der Waals surface area contributed by atoms with Gasteiger partial charge >= 0.3 is 0 Å². The summed E-state index contributed by atoms with van der Waals surface area (Å²) in [6, 6.07) is 3.59. The van der Waals surface area contributed by atoms with Gasteiger partial charge in [-0.2, -0.15) is 0 Å². The summed E-state index contributed by atoms with van der Waals surface area (Å²) >= 11 is 5.73. The lowest BCUT2D eigenvalue weighted by Gasteiger charge is -2.36. The van der Waals surface area contributed by atoms with Crippen molar-refractivity contribution >= 4 is 17.3 Å². The largest absolute Gasteiger partial charge is 0.388 e. The topological polar surface area (TPSA) is 45.1 Å². The van der Waals surface area contributed by atoms with Gasteiger partial charge in [-0.1, -0.05) is 11.6 Å². The van der Waals surface area contributed by atoms with Crippen molar-refractivity contribution in [2.45, 2.75) is 24.9 Å². The Balaban J connectivity index is 1.91. The Bertz CT molecular complexity index is 326. The van der Waals surface area contributed by atoms with Gasteiger partial charge in [0.25, 0.3) is 0 Å². The molecule has 1 fully saturated rings. The van der Waals surface area contributed by atoms with Gasteiger partial charge in [-0.15, -0.1) is 0 Å². The second-order valence-corrected chi connectivity index (χ2v) is 4.19. The monoisotopic (exact) mass is 212 g/mol. The lowest BCUT2D eigenvalue weighted by atomic mass is 9.80. The molecule has 1 aromatic heterocycles. The highest BCUT2D eigenvalue weighted by molar-refractivity contribution is 6.29. The van der Waals surface area contributed by atoms with Crippen LogP contribution in [0.3, 0.4) is 0 Å². The van der Waals surface area contributed by atoms with E-state index < -0.39 is 5.60 Å². The minimum Gasteiger partial charge on any atom is -0.388 e. The van der Waals surface area contributed by atoms with Gasteiger partial charge < -0.3 is 10.4 Å². The Morgan fingerprint density at radius 2 is 2.36 bits per heavy atom. The number of hydrogen-bond donors (Lipinski definition) is 2. The van der Waals surface area contributed by atoms with Crippen molar-refractivity contribution in [3.8, 4) is 0 Å². The minimum absolute atomic E-state index is 0.468. The molecule has 0 bridgehead atoms. The predicted octanol–water partition coefficient (Wildman–Crippen LogP) is 2.06. The molecule has 1 aliphatic carbocycles. The summed E-state index contributed by atoms with van der Waals surface area (Å²) in [7, 11) is 0. The number of rotatable bonds is 3. The van der Waals surface area contributed by atoms with Crippen LogP contribution in [0.1, 0.15) is 19.3 Å². The zero-order valence-corrected chi connectivity index (χ0v) is 8.59. The van der Waals surface area contributed by atoms with E-state index in [4.69, 9.17) is 11.6 Å². The molecule has 3 nitrogen and oxygen atoms in total. The molecule has 1 aliphatic rings. The van der Waals surface area contributed by atoms with Gasteiger partial charge in [0.1, 0.15) is 5.15 Å². The molecule has 0 saturated heterocycles. The maximum Gasteiger partial charge on any atom is 0.131 e. The number of halogens is 1. The molecule has 4 heteroatoms. The molecule has 0 amide bonds. The lowest BCUT2D eigenvalue weighted by molar-refractivity contribution is -0.0201. The summed E-state index contributed by atoms with van der Waals surface area (Å²) in [5.41, 5.74) is 0.403. The van der Waals surface area contributed by atoms with Gasteiger partial charge in [0.05, 0.1) is 5.60 Å². The number of anilines is 1. The van der Waals surface area contributed by atoms with Gasteiger partial charge in [0, 0.05) is 18.4 Å². The average molecular weight is 213 g/mol. The molecule has 14 heavy (non-hydrogen) atoms. The molecule has 0 aromatic carbocycles. The average Bonchev–Trinajstić information content (AvgIpc) is 2.12. The van der Waals surface area contributed by atoms with Gasteiger partial charge in [-0.05, 0) is 31.4 Å². The van der Waals surface area contributed by atoms with Gasteiger partial charge in [-0.25, -0.2) is 4.98 Å². The summed E-state index contributed by atoms with van der Waals surface area (Å²) in [6.07, 6.45) is 4.54. The zero-order valence-electron chi connectivity index (χ0n) is 7.83. The van der Waals surface area contributed by atoms with E-state index in [1.54, 1.807) is 12.3 Å². The van der Waals surface area contributed by atoms with Crippen molar-refractivity contribution in [3.63, 3.8) is 0 Å². The third-order valence-corrected chi connectivity index (χ3v) is 2.84. The lowest BCUT2D eigenvalue weighted by Crippen LogP contribution is -2.43. The Morgan fingerprint density at radius 1 is 1.57 bits per heavy atom. The maximum atomic E-state index is 9.83. The number of nitrogens with one attached hydrogen (secondary N) is 1. The van der Waals surface area contributed by atoms with Crippen molar-refractivity contribution in [2.24, 2.45) is 0 Å². The molecule has 0 aliphatic heterocycles. The maximum absolute atomic E-state index is 9.83. The van der Waals surface area contributed by atoms with Crippen LogP contribution in [-0.2, 0) is 0 Å². The van der Waals surface area contributed by atoms with Crippen LogP contribution in [0.2, 0.25) is 5.15 Å². The molecule has 0 radical (unpaired) electrons. The van der Waals surface area contributed by atoms with Gasteiger partial charge in [-0.3, -0.25) is 0 Å². The first-order valence-electron chi connectivity index (χ1n) is 4.76. The van der Waals surface area contributed by atoms with Crippen LogP contribution >= 0.6 is 11.6 Å². The first kappa shape index (κ1) is 9.74. The molecule has 2 N–H and O–H groups in total. The van der Waals surface area contributed by atoms with E-state index >= 15 is 0 Å². The molecule has 0 unspecified atom stereocenters. The van der Waals surface area contributed by atoms with E-state index in [9.17, 15) is 5.11 Å². The SMILES string of the molecule is OC1(CNc2ccnc(Cl)c2)CCC1. The van der Waals surface area contributed by atoms with Crippen LogP contribution in [0.4, 0.5) is 5.69 Å². The van der Waals surface area contributed by atoms with E-state index in [0.717, 1.165) is 24.9 Å². The van der Waals surface area contributed by atoms with Gasteiger partial charge in [0.15, 0.2) is 0 Å². The number of nitrogens with zero attached hydrogens (tertiary/aromatic N) is 1. The van der Waals surface area contributed by atoms with E-state index in [1.165, 1.54) is 0 Å². The van der Waals surface area contributed by atoms with Crippen LogP contribution in [-0.4, -0.2) is 22.2 Å². The second-order valence-electron chi connectivity index (χ2n) is 3.80. The van der Waals surface area contributed by atoms with E-state index in [1.807, 2.05) is 6.07 Å². The molecule has 1 aromatic rings. The summed E-state index contributed by atoms with van der Waals surface area (Å²) in [6.45, 7) is 0.591. The molecule has 76 valence electrons. The van der Waals surface area contributed by atoms with E-state index in [-0.39, 0.29) is 0 Å². The smallest absolute Gasteiger partial charge is 0.131 e. The highest BCUT2D eigenvalue weighted by Crippen LogP contribution is 2.31. The van der Waals surface area contributed by atoms with Crippen LogP contribution in [0.5, 0.6) is 0 Å². The van der Waals surface area contributed by atoms with E-state index in [0.29, 0.717) is 11.7 Å². The predicted molar refractivity (Wildman–Crippen MR) is 56.5 cm³/mol. The molecular weight excluding hydrogens is 200 g/mol. The molecule has 1 heterocycles. The number of aromatic nitrogens is 1. The van der Waals surface area contributed by atoms with Crippen molar-refractivity contribution in [1.29, 1.82) is 0 Å². The third kappa shape index (κ3) is 2.16. The second kappa shape index (κ2) is 3.75. The van der Waals surface area contributed by atoms with Gasteiger partial charge in [0.2, 0.25) is 0 Å². The van der Waals surface area contributed by atoms with E-state index in [2.05, 4.69) is 10.3 Å². The highest BCUT2D eigenvalue weighted by Gasteiger charge is 2.33.